The van der Waals surface area contributed by atoms with Crippen LogP contribution in [0.5, 0.6) is 5.19 Å². The molecule has 2 N–H and O–H groups in total. The molecule has 13 heavy (non-hydrogen) atoms. The van der Waals surface area contributed by atoms with E-state index < -0.39 is 0 Å². The van der Waals surface area contributed by atoms with Crippen LogP contribution in [0.15, 0.2) is 5.38 Å². The summed E-state index contributed by atoms with van der Waals surface area (Å²) in [6, 6.07) is 0. The van der Waals surface area contributed by atoms with Crippen LogP contribution in [-0.2, 0) is 6.42 Å². The summed E-state index contributed by atoms with van der Waals surface area (Å²) in [4.78, 5) is 4.33. The van der Waals surface area contributed by atoms with Crippen molar-refractivity contribution < 1.29 is 4.74 Å². The molecule has 0 saturated carbocycles. The van der Waals surface area contributed by atoms with Crippen LogP contribution < -0.4 is 10.5 Å². The Balaban J connectivity index is 2.48. The van der Waals surface area contributed by atoms with E-state index in [1.54, 1.807) is 11.3 Å². The average Bonchev–Trinajstić information content (AvgIpc) is 2.53. The molecule has 4 heteroatoms. The number of hydrogen-bond donors (Lipinski definition) is 1. The van der Waals surface area contributed by atoms with Gasteiger partial charge >= 0.3 is 0 Å². The first kappa shape index (κ1) is 10.5. The third-order valence-corrected chi connectivity index (χ3v) is 2.56. The molecule has 1 rings (SSSR count). The molecule has 0 radical (unpaired) electrons. The predicted octanol–water partition coefficient (Wildman–Crippen LogP) is 1.68. The smallest absolute Gasteiger partial charge is 0.273 e. The molecule has 74 valence electrons. The van der Waals surface area contributed by atoms with Gasteiger partial charge in [0.15, 0.2) is 0 Å². The fourth-order valence-electron chi connectivity index (χ4n) is 1.01. The van der Waals surface area contributed by atoms with Gasteiger partial charge in [-0.3, -0.25) is 0 Å². The standard InChI is InChI=1S/C9H16N2OS/c1-3-12-9-11-8(6-13-9)4-7(2)5-10/h6-7H,3-5,10H2,1-2H3. The van der Waals surface area contributed by atoms with Gasteiger partial charge in [-0.1, -0.05) is 18.3 Å². The highest BCUT2D eigenvalue weighted by Crippen LogP contribution is 2.19. The van der Waals surface area contributed by atoms with E-state index in [0.29, 0.717) is 19.1 Å². The molecule has 1 unspecified atom stereocenters. The molecule has 0 aliphatic rings. The van der Waals surface area contributed by atoms with Gasteiger partial charge in [0.05, 0.1) is 12.3 Å². The van der Waals surface area contributed by atoms with E-state index in [2.05, 4.69) is 11.9 Å². The van der Waals surface area contributed by atoms with E-state index in [4.69, 9.17) is 10.5 Å². The van der Waals surface area contributed by atoms with E-state index in [1.165, 1.54) is 0 Å². The minimum absolute atomic E-state index is 0.497. The Labute approximate surface area is 82.9 Å². The third-order valence-electron chi connectivity index (χ3n) is 1.76. The molecule has 0 saturated heterocycles. The molecule has 1 aromatic rings. The van der Waals surface area contributed by atoms with Crippen molar-refractivity contribution in [2.24, 2.45) is 11.7 Å². The topological polar surface area (TPSA) is 48.1 Å². The van der Waals surface area contributed by atoms with Crippen LogP contribution in [0.1, 0.15) is 19.5 Å². The summed E-state index contributed by atoms with van der Waals surface area (Å²) in [6.45, 7) is 5.48. The summed E-state index contributed by atoms with van der Waals surface area (Å²) in [7, 11) is 0. The van der Waals surface area contributed by atoms with Crippen LogP contribution in [-0.4, -0.2) is 18.1 Å². The Kier molecular flexibility index (Phi) is 4.18. The van der Waals surface area contributed by atoms with Crippen molar-refractivity contribution in [2.45, 2.75) is 20.3 Å². The van der Waals surface area contributed by atoms with Gasteiger partial charge in [0.25, 0.3) is 5.19 Å². The molecule has 0 fully saturated rings. The molecule has 1 heterocycles. The zero-order chi connectivity index (χ0) is 9.68. The normalized spacial score (nSPS) is 12.8. The number of nitrogens with two attached hydrogens (primary N) is 1. The number of ether oxygens (including phenoxy) is 1. The lowest BCUT2D eigenvalue weighted by Gasteiger charge is -2.03. The van der Waals surface area contributed by atoms with Crippen LogP contribution in [0.3, 0.4) is 0 Å². The molecule has 1 aromatic heterocycles. The second kappa shape index (κ2) is 5.19. The summed E-state index contributed by atoms with van der Waals surface area (Å²) in [6.07, 6.45) is 0.945. The first-order valence-corrected chi connectivity index (χ1v) is 5.41. The molecular formula is C9H16N2OS. The molecule has 0 aliphatic heterocycles. The van der Waals surface area contributed by atoms with Crippen molar-refractivity contribution in [3.05, 3.63) is 11.1 Å². The molecule has 0 bridgehead atoms. The molecule has 0 aromatic carbocycles. The lowest BCUT2D eigenvalue weighted by Crippen LogP contribution is -2.13. The largest absolute Gasteiger partial charge is 0.470 e. The first-order chi connectivity index (χ1) is 6.26. The summed E-state index contributed by atoms with van der Waals surface area (Å²) in [5.41, 5.74) is 6.62. The highest BCUT2D eigenvalue weighted by Gasteiger charge is 2.06. The number of hydrogen-bond acceptors (Lipinski definition) is 4. The van der Waals surface area contributed by atoms with Gasteiger partial charge in [-0.15, -0.1) is 0 Å². The Bertz CT molecular complexity index is 250. The Morgan fingerprint density at radius 2 is 2.46 bits per heavy atom. The Morgan fingerprint density at radius 3 is 3.08 bits per heavy atom. The molecule has 0 spiro atoms. The van der Waals surface area contributed by atoms with Crippen molar-refractivity contribution in [3.63, 3.8) is 0 Å². The van der Waals surface area contributed by atoms with Gasteiger partial charge in [0, 0.05) is 5.38 Å². The van der Waals surface area contributed by atoms with Crippen LogP contribution in [0, 0.1) is 5.92 Å². The highest BCUT2D eigenvalue weighted by molar-refractivity contribution is 7.11. The van der Waals surface area contributed by atoms with Crippen molar-refractivity contribution in [3.8, 4) is 5.19 Å². The van der Waals surface area contributed by atoms with Crippen LogP contribution in [0.2, 0.25) is 0 Å². The maximum Gasteiger partial charge on any atom is 0.273 e. The van der Waals surface area contributed by atoms with Gasteiger partial charge in [0.1, 0.15) is 0 Å². The van der Waals surface area contributed by atoms with Crippen molar-refractivity contribution >= 4 is 11.3 Å². The van der Waals surface area contributed by atoms with E-state index in [0.717, 1.165) is 17.3 Å². The van der Waals surface area contributed by atoms with Gasteiger partial charge in [0.2, 0.25) is 0 Å². The Morgan fingerprint density at radius 1 is 1.69 bits per heavy atom. The quantitative estimate of drug-likeness (QED) is 0.786. The summed E-state index contributed by atoms with van der Waals surface area (Å²) in [5.74, 6) is 0.497. The van der Waals surface area contributed by atoms with Crippen molar-refractivity contribution in [1.82, 2.24) is 4.98 Å². The fourth-order valence-corrected chi connectivity index (χ4v) is 1.75. The maximum absolute atomic E-state index is 5.53. The number of rotatable bonds is 5. The summed E-state index contributed by atoms with van der Waals surface area (Å²) in [5, 5.41) is 2.80. The minimum Gasteiger partial charge on any atom is -0.470 e. The van der Waals surface area contributed by atoms with Crippen LogP contribution >= 0.6 is 11.3 Å². The molecular weight excluding hydrogens is 184 g/mol. The molecule has 0 amide bonds. The second-order valence-electron chi connectivity index (χ2n) is 3.08. The zero-order valence-corrected chi connectivity index (χ0v) is 8.93. The van der Waals surface area contributed by atoms with Gasteiger partial charge in [-0.25, -0.2) is 4.98 Å². The van der Waals surface area contributed by atoms with E-state index >= 15 is 0 Å². The van der Waals surface area contributed by atoms with Crippen LogP contribution in [0.4, 0.5) is 0 Å². The van der Waals surface area contributed by atoms with Crippen molar-refractivity contribution in [1.29, 1.82) is 0 Å². The third kappa shape index (κ3) is 3.32. The monoisotopic (exact) mass is 200 g/mol. The van der Waals surface area contributed by atoms with Gasteiger partial charge in [-0.05, 0) is 25.8 Å². The first-order valence-electron chi connectivity index (χ1n) is 4.53. The maximum atomic E-state index is 5.53. The zero-order valence-electron chi connectivity index (χ0n) is 8.12. The summed E-state index contributed by atoms with van der Waals surface area (Å²) < 4.78 is 5.28. The number of aromatic nitrogens is 1. The van der Waals surface area contributed by atoms with E-state index in [1.807, 2.05) is 12.3 Å². The fraction of sp³-hybridized carbons (Fsp3) is 0.667. The van der Waals surface area contributed by atoms with Crippen molar-refractivity contribution in [2.75, 3.05) is 13.2 Å². The Hall–Kier alpha value is -0.610. The minimum atomic E-state index is 0.497. The van der Waals surface area contributed by atoms with Crippen LogP contribution in [0.25, 0.3) is 0 Å². The predicted molar refractivity (Wildman–Crippen MR) is 55.2 cm³/mol. The number of thiazole rings is 1. The van der Waals surface area contributed by atoms with Gasteiger partial charge in [-0.2, -0.15) is 0 Å². The second-order valence-corrected chi connectivity index (χ2v) is 3.90. The van der Waals surface area contributed by atoms with E-state index in [-0.39, 0.29) is 0 Å². The highest BCUT2D eigenvalue weighted by atomic mass is 32.1. The number of nitrogens with zero attached hydrogens (tertiary/aromatic N) is 1. The lowest BCUT2D eigenvalue weighted by atomic mass is 10.1. The lowest BCUT2D eigenvalue weighted by molar-refractivity contribution is 0.337. The summed E-state index contributed by atoms with van der Waals surface area (Å²) >= 11 is 1.55. The SMILES string of the molecule is CCOc1nc(CC(C)CN)cs1. The molecule has 0 aliphatic carbocycles. The molecule has 1 atom stereocenters. The van der Waals surface area contributed by atoms with E-state index in [9.17, 15) is 0 Å². The van der Waals surface area contributed by atoms with Gasteiger partial charge < -0.3 is 10.5 Å². The average molecular weight is 200 g/mol. The molecule has 3 nitrogen and oxygen atoms in total.